The molecule has 0 radical (unpaired) electrons. The first-order valence-electron chi connectivity index (χ1n) is 11.6. The van der Waals surface area contributed by atoms with Gasteiger partial charge in [-0.05, 0) is 35.4 Å². The predicted molar refractivity (Wildman–Crippen MR) is 135 cm³/mol. The molecule has 1 aliphatic rings. The molecule has 34 heavy (non-hydrogen) atoms. The van der Waals surface area contributed by atoms with E-state index in [2.05, 4.69) is 33.9 Å². The van der Waals surface area contributed by atoms with Gasteiger partial charge in [0, 0.05) is 48.2 Å². The van der Waals surface area contributed by atoms with E-state index < -0.39 is 6.10 Å². The Hall–Kier alpha value is -3.74. The van der Waals surface area contributed by atoms with Crippen LogP contribution in [0.4, 0.5) is 5.82 Å². The minimum absolute atomic E-state index is 0.660. The summed E-state index contributed by atoms with van der Waals surface area (Å²) < 4.78 is 7.70. The molecule has 2 aromatic heterocycles. The number of hydrogen-bond acceptors (Lipinski definition) is 5. The van der Waals surface area contributed by atoms with Crippen LogP contribution in [-0.2, 0) is 11.8 Å². The molecule has 6 heteroatoms. The highest BCUT2D eigenvalue weighted by atomic mass is 16.5. The second-order valence-corrected chi connectivity index (χ2v) is 8.73. The number of aliphatic hydroxyl groups is 1. The SMILES string of the molecule is Cn1ccc2c3nc(-c4cccc(C(O)c5ccccc5)c4)nc(N4CCOCC4)c3ccc21. The lowest BCUT2D eigenvalue weighted by atomic mass is 9.99. The summed E-state index contributed by atoms with van der Waals surface area (Å²) in [4.78, 5) is 12.4. The Balaban J connectivity index is 1.52. The van der Waals surface area contributed by atoms with E-state index in [-0.39, 0.29) is 0 Å². The number of aliphatic hydroxyl groups excluding tert-OH is 1. The van der Waals surface area contributed by atoms with E-state index in [1.165, 1.54) is 0 Å². The molecular formula is C28H26N4O2. The molecule has 3 heterocycles. The van der Waals surface area contributed by atoms with Crippen LogP contribution in [0.3, 0.4) is 0 Å². The van der Waals surface area contributed by atoms with Crippen LogP contribution >= 0.6 is 0 Å². The van der Waals surface area contributed by atoms with Crippen molar-refractivity contribution in [3.63, 3.8) is 0 Å². The van der Waals surface area contributed by atoms with Crippen LogP contribution in [-0.4, -0.2) is 45.9 Å². The molecule has 170 valence electrons. The van der Waals surface area contributed by atoms with Gasteiger partial charge in [0.1, 0.15) is 11.9 Å². The van der Waals surface area contributed by atoms with Crippen LogP contribution in [0.5, 0.6) is 0 Å². The van der Waals surface area contributed by atoms with E-state index in [0.717, 1.165) is 57.4 Å². The number of aromatic nitrogens is 3. The Bertz CT molecular complexity index is 1470. The number of hydrogen-bond donors (Lipinski definition) is 1. The first kappa shape index (κ1) is 20.8. The normalized spacial score (nSPS) is 15.2. The van der Waals surface area contributed by atoms with Crippen LogP contribution in [0.2, 0.25) is 0 Å². The minimum atomic E-state index is -0.707. The molecule has 1 aliphatic heterocycles. The predicted octanol–water partition coefficient (Wildman–Crippen LogP) is 4.71. The first-order chi connectivity index (χ1) is 16.7. The molecule has 1 saturated heterocycles. The maximum atomic E-state index is 11.0. The number of fused-ring (bicyclic) bond motifs is 3. The van der Waals surface area contributed by atoms with Crippen molar-refractivity contribution < 1.29 is 9.84 Å². The zero-order valence-corrected chi connectivity index (χ0v) is 19.1. The average Bonchev–Trinajstić information content (AvgIpc) is 3.29. The highest BCUT2D eigenvalue weighted by Crippen LogP contribution is 2.34. The van der Waals surface area contributed by atoms with E-state index in [1.807, 2.05) is 61.6 Å². The topological polar surface area (TPSA) is 63.4 Å². The highest BCUT2D eigenvalue weighted by Gasteiger charge is 2.20. The Labute approximate surface area is 198 Å². The number of rotatable bonds is 4. The molecule has 0 amide bonds. The number of aryl methyl sites for hydroxylation is 1. The van der Waals surface area contributed by atoms with Gasteiger partial charge in [0.05, 0.1) is 18.7 Å². The third-order valence-electron chi connectivity index (χ3n) is 6.60. The van der Waals surface area contributed by atoms with Crippen molar-refractivity contribution in [1.29, 1.82) is 0 Å². The van der Waals surface area contributed by atoms with Crippen molar-refractivity contribution >= 4 is 27.6 Å². The van der Waals surface area contributed by atoms with Crippen molar-refractivity contribution in [2.24, 2.45) is 7.05 Å². The molecule has 1 fully saturated rings. The van der Waals surface area contributed by atoms with Gasteiger partial charge in [0.25, 0.3) is 0 Å². The number of benzene rings is 3. The van der Waals surface area contributed by atoms with Gasteiger partial charge in [-0.2, -0.15) is 0 Å². The van der Waals surface area contributed by atoms with Crippen molar-refractivity contribution in [3.05, 3.63) is 90.1 Å². The second kappa shape index (κ2) is 8.56. The van der Waals surface area contributed by atoms with Gasteiger partial charge in [-0.15, -0.1) is 0 Å². The zero-order valence-electron chi connectivity index (χ0n) is 19.1. The Morgan fingerprint density at radius 2 is 1.65 bits per heavy atom. The van der Waals surface area contributed by atoms with Crippen LogP contribution in [0, 0.1) is 0 Å². The number of morpholine rings is 1. The molecule has 3 aromatic carbocycles. The fourth-order valence-electron chi connectivity index (χ4n) is 4.75. The number of nitrogens with zero attached hydrogens (tertiary/aromatic N) is 4. The van der Waals surface area contributed by atoms with Gasteiger partial charge in [0.2, 0.25) is 0 Å². The smallest absolute Gasteiger partial charge is 0.162 e. The highest BCUT2D eigenvalue weighted by molar-refractivity contribution is 6.08. The van der Waals surface area contributed by atoms with Crippen LogP contribution in [0.1, 0.15) is 17.2 Å². The molecule has 0 aliphatic carbocycles. The van der Waals surface area contributed by atoms with Crippen LogP contribution in [0.25, 0.3) is 33.2 Å². The van der Waals surface area contributed by atoms with E-state index in [4.69, 9.17) is 14.7 Å². The lowest BCUT2D eigenvalue weighted by Gasteiger charge is -2.29. The van der Waals surface area contributed by atoms with E-state index in [0.29, 0.717) is 19.0 Å². The molecular weight excluding hydrogens is 424 g/mol. The third-order valence-corrected chi connectivity index (χ3v) is 6.60. The molecule has 6 rings (SSSR count). The largest absolute Gasteiger partial charge is 0.384 e. The van der Waals surface area contributed by atoms with E-state index >= 15 is 0 Å². The van der Waals surface area contributed by atoms with Crippen molar-refractivity contribution in [3.8, 4) is 11.4 Å². The summed E-state index contributed by atoms with van der Waals surface area (Å²) in [6.45, 7) is 2.97. The van der Waals surface area contributed by atoms with Gasteiger partial charge in [0.15, 0.2) is 5.82 Å². The minimum Gasteiger partial charge on any atom is -0.384 e. The summed E-state index contributed by atoms with van der Waals surface area (Å²) >= 11 is 0. The van der Waals surface area contributed by atoms with Gasteiger partial charge < -0.3 is 19.3 Å². The maximum Gasteiger partial charge on any atom is 0.162 e. The molecule has 5 aromatic rings. The summed E-state index contributed by atoms with van der Waals surface area (Å²) in [7, 11) is 2.05. The van der Waals surface area contributed by atoms with Crippen molar-refractivity contribution in [2.45, 2.75) is 6.10 Å². The summed E-state index contributed by atoms with van der Waals surface area (Å²) in [5.74, 6) is 1.59. The van der Waals surface area contributed by atoms with Gasteiger partial charge in [-0.3, -0.25) is 0 Å². The number of ether oxygens (including phenoxy) is 1. The van der Waals surface area contributed by atoms with Gasteiger partial charge >= 0.3 is 0 Å². The molecule has 0 saturated carbocycles. The summed E-state index contributed by atoms with van der Waals surface area (Å²) in [6.07, 6.45) is 1.36. The standard InChI is InChI=1S/C28H26N4O2/c1-31-13-12-22-24(31)11-10-23-25(22)29-27(30-28(23)32-14-16-34-17-15-32)21-9-5-8-20(18-21)26(33)19-6-3-2-4-7-19/h2-13,18,26,33H,14-17H2,1H3. The summed E-state index contributed by atoms with van der Waals surface area (Å²) in [6, 6.07) is 24.0. The Kier molecular flexibility index (Phi) is 5.24. The molecule has 0 bridgehead atoms. The van der Waals surface area contributed by atoms with Crippen molar-refractivity contribution in [1.82, 2.24) is 14.5 Å². The Morgan fingerprint density at radius 1 is 0.853 bits per heavy atom. The fourth-order valence-corrected chi connectivity index (χ4v) is 4.75. The summed E-state index contributed by atoms with van der Waals surface area (Å²) in [5.41, 5.74) is 4.64. The van der Waals surface area contributed by atoms with E-state index in [9.17, 15) is 5.11 Å². The van der Waals surface area contributed by atoms with Crippen LogP contribution in [0.15, 0.2) is 79.0 Å². The quantitative estimate of drug-likeness (QED) is 0.430. The maximum absolute atomic E-state index is 11.0. The number of anilines is 1. The van der Waals surface area contributed by atoms with Crippen LogP contribution < -0.4 is 4.90 Å². The van der Waals surface area contributed by atoms with Gasteiger partial charge in [-0.1, -0.05) is 48.5 Å². The fraction of sp³-hybridized carbons (Fsp3) is 0.214. The third kappa shape index (κ3) is 3.61. The van der Waals surface area contributed by atoms with Gasteiger partial charge in [-0.25, -0.2) is 9.97 Å². The molecule has 1 N–H and O–H groups in total. The second-order valence-electron chi connectivity index (χ2n) is 8.73. The molecule has 6 nitrogen and oxygen atoms in total. The molecule has 1 atom stereocenters. The summed E-state index contributed by atoms with van der Waals surface area (Å²) in [5, 5.41) is 13.1. The van der Waals surface area contributed by atoms with Crippen molar-refractivity contribution in [2.75, 3.05) is 31.2 Å². The average molecular weight is 451 g/mol. The lowest BCUT2D eigenvalue weighted by Crippen LogP contribution is -2.37. The monoisotopic (exact) mass is 450 g/mol. The Morgan fingerprint density at radius 3 is 2.47 bits per heavy atom. The van der Waals surface area contributed by atoms with E-state index in [1.54, 1.807) is 0 Å². The first-order valence-corrected chi connectivity index (χ1v) is 11.6. The lowest BCUT2D eigenvalue weighted by molar-refractivity contribution is 0.122. The molecule has 0 spiro atoms. The molecule has 1 unspecified atom stereocenters. The zero-order chi connectivity index (χ0) is 23.1.